The first-order valence-corrected chi connectivity index (χ1v) is 5.69. The van der Waals surface area contributed by atoms with E-state index in [4.69, 9.17) is 5.73 Å². The Hall–Kier alpha value is -0.0400. The van der Waals surface area contributed by atoms with Crippen LogP contribution in [0.2, 0.25) is 0 Å². The Morgan fingerprint density at radius 3 is 1.85 bits per heavy atom. The summed E-state index contributed by atoms with van der Waals surface area (Å²) in [6, 6.07) is 0.365. The van der Waals surface area contributed by atoms with Crippen LogP contribution in [-0.2, 0) is 0 Å². The van der Waals surface area contributed by atoms with Gasteiger partial charge >= 0.3 is 0 Å². The van der Waals surface area contributed by atoms with E-state index in [1.807, 2.05) is 0 Å². The highest BCUT2D eigenvalue weighted by atomic mass is 14.6. The average molecular weight is 185 g/mol. The highest BCUT2D eigenvalue weighted by molar-refractivity contribution is 4.64. The Morgan fingerprint density at radius 2 is 1.46 bits per heavy atom. The monoisotopic (exact) mass is 185 g/mol. The van der Waals surface area contributed by atoms with Crippen molar-refractivity contribution in [3.63, 3.8) is 0 Å². The molecule has 0 heterocycles. The molecule has 0 aromatic carbocycles. The molecule has 0 aliphatic carbocycles. The molecule has 0 saturated carbocycles. The lowest BCUT2D eigenvalue weighted by atomic mass is 9.88. The molecule has 0 saturated heterocycles. The van der Waals surface area contributed by atoms with Crippen LogP contribution in [0.3, 0.4) is 0 Å². The smallest absolute Gasteiger partial charge is 0.00130 e. The third-order valence-corrected chi connectivity index (χ3v) is 3.03. The molecule has 13 heavy (non-hydrogen) atoms. The molecule has 0 fully saturated rings. The summed E-state index contributed by atoms with van der Waals surface area (Å²) in [7, 11) is 0. The normalized spacial score (nSPS) is 18.7. The van der Waals surface area contributed by atoms with Crippen molar-refractivity contribution in [3.8, 4) is 0 Å². The minimum atomic E-state index is 0.365. The summed E-state index contributed by atoms with van der Waals surface area (Å²) in [6.07, 6.45) is 3.86. The van der Waals surface area contributed by atoms with Crippen LogP contribution in [0.25, 0.3) is 0 Å². The minimum Gasteiger partial charge on any atom is -0.328 e. The molecule has 0 aromatic rings. The Balaban J connectivity index is 3.51. The molecule has 0 radical (unpaired) electrons. The maximum atomic E-state index is 5.76. The quantitative estimate of drug-likeness (QED) is 0.674. The molecule has 0 spiro atoms. The molecule has 0 aliphatic rings. The maximum absolute atomic E-state index is 5.76. The molecule has 0 bridgehead atoms. The van der Waals surface area contributed by atoms with Crippen LogP contribution in [-0.4, -0.2) is 6.04 Å². The second-order valence-electron chi connectivity index (χ2n) is 5.12. The van der Waals surface area contributed by atoms with E-state index in [9.17, 15) is 0 Å². The van der Waals surface area contributed by atoms with E-state index in [-0.39, 0.29) is 0 Å². The van der Waals surface area contributed by atoms with Crippen molar-refractivity contribution in [2.75, 3.05) is 0 Å². The SMILES string of the molecule is CC(N)CC(C)CCC(C)C(C)C. The van der Waals surface area contributed by atoms with Crippen molar-refractivity contribution in [2.24, 2.45) is 23.5 Å². The zero-order chi connectivity index (χ0) is 10.4. The fourth-order valence-electron chi connectivity index (χ4n) is 1.63. The zero-order valence-electron chi connectivity index (χ0n) is 10.0. The van der Waals surface area contributed by atoms with Crippen molar-refractivity contribution in [3.05, 3.63) is 0 Å². The number of hydrogen-bond acceptors (Lipinski definition) is 1. The van der Waals surface area contributed by atoms with Crippen molar-refractivity contribution < 1.29 is 0 Å². The van der Waals surface area contributed by atoms with Gasteiger partial charge in [-0.1, -0.05) is 40.5 Å². The Kier molecular flexibility index (Phi) is 6.40. The molecule has 1 heteroatoms. The molecule has 2 N–H and O–H groups in total. The third-order valence-electron chi connectivity index (χ3n) is 3.03. The van der Waals surface area contributed by atoms with Crippen LogP contribution >= 0.6 is 0 Å². The van der Waals surface area contributed by atoms with Gasteiger partial charge in [0.1, 0.15) is 0 Å². The molecule has 0 amide bonds. The fourth-order valence-corrected chi connectivity index (χ4v) is 1.63. The summed E-state index contributed by atoms with van der Waals surface area (Å²) in [5.74, 6) is 2.47. The van der Waals surface area contributed by atoms with Gasteiger partial charge in [-0.3, -0.25) is 0 Å². The van der Waals surface area contributed by atoms with Gasteiger partial charge in [-0.05, 0) is 31.1 Å². The Morgan fingerprint density at radius 1 is 0.923 bits per heavy atom. The zero-order valence-corrected chi connectivity index (χ0v) is 10.0. The van der Waals surface area contributed by atoms with Crippen molar-refractivity contribution in [2.45, 2.75) is 59.9 Å². The molecule has 0 aliphatic heterocycles. The standard InChI is InChI=1S/C12H27N/c1-9(2)11(4)7-6-10(3)8-12(5)13/h9-12H,6-8,13H2,1-5H3. The van der Waals surface area contributed by atoms with Gasteiger partial charge in [-0.2, -0.15) is 0 Å². The number of rotatable bonds is 6. The van der Waals surface area contributed by atoms with Gasteiger partial charge in [0.25, 0.3) is 0 Å². The van der Waals surface area contributed by atoms with Gasteiger partial charge in [-0.15, -0.1) is 0 Å². The van der Waals surface area contributed by atoms with Gasteiger partial charge in [0, 0.05) is 6.04 Å². The second-order valence-corrected chi connectivity index (χ2v) is 5.12. The second kappa shape index (κ2) is 6.42. The topological polar surface area (TPSA) is 26.0 Å². The van der Waals surface area contributed by atoms with Gasteiger partial charge < -0.3 is 5.73 Å². The van der Waals surface area contributed by atoms with E-state index in [1.54, 1.807) is 0 Å². The molecule has 80 valence electrons. The number of nitrogens with two attached hydrogens (primary N) is 1. The summed E-state index contributed by atoms with van der Waals surface area (Å²) >= 11 is 0. The van der Waals surface area contributed by atoms with Crippen LogP contribution < -0.4 is 5.73 Å². The molecule has 0 rings (SSSR count). The van der Waals surface area contributed by atoms with Crippen LogP contribution in [0.4, 0.5) is 0 Å². The fraction of sp³-hybridized carbons (Fsp3) is 1.00. The maximum Gasteiger partial charge on any atom is 0.00130 e. The van der Waals surface area contributed by atoms with Gasteiger partial charge in [0.05, 0.1) is 0 Å². The summed E-state index contributed by atoms with van der Waals surface area (Å²) in [5, 5.41) is 0. The van der Waals surface area contributed by atoms with Gasteiger partial charge in [0.2, 0.25) is 0 Å². The van der Waals surface area contributed by atoms with Crippen LogP contribution in [0.5, 0.6) is 0 Å². The lowest BCUT2D eigenvalue weighted by Crippen LogP contribution is -2.18. The van der Waals surface area contributed by atoms with E-state index in [0.717, 1.165) is 17.8 Å². The lowest BCUT2D eigenvalue weighted by molar-refractivity contribution is 0.336. The van der Waals surface area contributed by atoms with E-state index in [1.165, 1.54) is 19.3 Å². The van der Waals surface area contributed by atoms with Gasteiger partial charge in [0.15, 0.2) is 0 Å². The van der Waals surface area contributed by atoms with E-state index >= 15 is 0 Å². The summed E-state index contributed by atoms with van der Waals surface area (Å²) in [6.45, 7) is 11.4. The minimum absolute atomic E-state index is 0.365. The molecule has 0 aromatic heterocycles. The predicted molar refractivity (Wildman–Crippen MR) is 60.7 cm³/mol. The first-order valence-electron chi connectivity index (χ1n) is 5.69. The van der Waals surface area contributed by atoms with E-state index < -0.39 is 0 Å². The van der Waals surface area contributed by atoms with Crippen molar-refractivity contribution >= 4 is 0 Å². The number of hydrogen-bond donors (Lipinski definition) is 1. The Bertz CT molecular complexity index is 118. The molecule has 3 atom stereocenters. The molecule has 3 unspecified atom stereocenters. The largest absolute Gasteiger partial charge is 0.328 e. The highest BCUT2D eigenvalue weighted by Crippen LogP contribution is 2.21. The summed E-state index contributed by atoms with van der Waals surface area (Å²) in [4.78, 5) is 0. The predicted octanol–water partition coefficient (Wildman–Crippen LogP) is 3.43. The van der Waals surface area contributed by atoms with Crippen molar-refractivity contribution in [1.82, 2.24) is 0 Å². The summed E-state index contributed by atoms with van der Waals surface area (Å²) in [5.41, 5.74) is 5.76. The average Bonchev–Trinajstić information content (AvgIpc) is 1.98. The van der Waals surface area contributed by atoms with E-state index in [0.29, 0.717) is 6.04 Å². The van der Waals surface area contributed by atoms with Gasteiger partial charge in [-0.25, -0.2) is 0 Å². The lowest BCUT2D eigenvalue weighted by Gasteiger charge is -2.19. The first-order chi connectivity index (χ1) is 5.93. The first kappa shape index (κ1) is 13.0. The highest BCUT2D eigenvalue weighted by Gasteiger charge is 2.10. The van der Waals surface area contributed by atoms with Crippen LogP contribution in [0.15, 0.2) is 0 Å². The van der Waals surface area contributed by atoms with Crippen molar-refractivity contribution in [1.29, 1.82) is 0 Å². The Labute approximate surface area is 84.1 Å². The molecular weight excluding hydrogens is 158 g/mol. The third kappa shape index (κ3) is 7.06. The molecular formula is C12H27N. The summed E-state index contributed by atoms with van der Waals surface area (Å²) < 4.78 is 0. The molecule has 1 nitrogen and oxygen atoms in total. The van der Waals surface area contributed by atoms with Crippen LogP contribution in [0.1, 0.15) is 53.9 Å². The van der Waals surface area contributed by atoms with Crippen LogP contribution in [0, 0.1) is 17.8 Å². The van der Waals surface area contributed by atoms with E-state index in [2.05, 4.69) is 34.6 Å².